The highest BCUT2D eigenvalue weighted by Crippen LogP contribution is 2.34. The fourth-order valence-electron chi connectivity index (χ4n) is 0.459. The zero-order valence-corrected chi connectivity index (χ0v) is 9.58. The zero-order valence-electron chi connectivity index (χ0n) is 6.41. The molecule has 0 rings (SSSR count). The summed E-state index contributed by atoms with van der Waals surface area (Å²) in [5.74, 6) is 0.659. The molecule has 0 spiro atoms. The fraction of sp³-hybridized carbons (Fsp3) is 1.00. The largest absolute Gasteiger partial charge is 0.0878 e. The minimum atomic E-state index is 0.229. The highest BCUT2D eigenvalue weighted by atomic mass is 79.9. The lowest BCUT2D eigenvalue weighted by Crippen LogP contribution is -2.31. The summed E-state index contributed by atoms with van der Waals surface area (Å²) in [7, 11) is 0. The van der Waals surface area contributed by atoms with Crippen molar-refractivity contribution in [2.24, 2.45) is 5.92 Å². The molecule has 0 saturated heterocycles. The van der Waals surface area contributed by atoms with Gasteiger partial charge in [-0.2, -0.15) is 0 Å². The van der Waals surface area contributed by atoms with Gasteiger partial charge in [0.25, 0.3) is 0 Å². The van der Waals surface area contributed by atoms with Crippen LogP contribution in [0.1, 0.15) is 27.7 Å². The SMILES string of the molecule is CC(C)C(C)(Br)C(C)Br. The molecule has 0 aromatic rings. The van der Waals surface area contributed by atoms with Crippen LogP contribution in [0, 0.1) is 5.92 Å². The minimum Gasteiger partial charge on any atom is -0.0878 e. The van der Waals surface area contributed by atoms with Gasteiger partial charge in [0.2, 0.25) is 0 Å². The second kappa shape index (κ2) is 3.38. The van der Waals surface area contributed by atoms with E-state index < -0.39 is 0 Å². The summed E-state index contributed by atoms with van der Waals surface area (Å²) >= 11 is 7.21. The lowest BCUT2D eigenvalue weighted by molar-refractivity contribution is 0.478. The van der Waals surface area contributed by atoms with E-state index >= 15 is 0 Å². The number of alkyl halides is 2. The molecular formula is C7H14Br2. The number of hydrogen-bond acceptors (Lipinski definition) is 0. The Hall–Kier alpha value is 0.960. The molecule has 0 fully saturated rings. The van der Waals surface area contributed by atoms with Gasteiger partial charge in [0.1, 0.15) is 0 Å². The molecule has 0 aromatic carbocycles. The van der Waals surface area contributed by atoms with Crippen LogP contribution in [0.5, 0.6) is 0 Å². The van der Waals surface area contributed by atoms with E-state index in [0.29, 0.717) is 10.7 Å². The van der Waals surface area contributed by atoms with Gasteiger partial charge in [-0.25, -0.2) is 0 Å². The number of hydrogen-bond donors (Lipinski definition) is 0. The Balaban J connectivity index is 4.01. The van der Waals surface area contributed by atoms with E-state index in [9.17, 15) is 0 Å². The molecule has 0 aliphatic rings. The van der Waals surface area contributed by atoms with Gasteiger partial charge in [0.15, 0.2) is 0 Å². The van der Waals surface area contributed by atoms with Crippen LogP contribution in [0.25, 0.3) is 0 Å². The van der Waals surface area contributed by atoms with Gasteiger partial charge in [0.05, 0.1) is 0 Å². The van der Waals surface area contributed by atoms with Crippen molar-refractivity contribution in [2.45, 2.75) is 36.8 Å². The molecule has 0 radical (unpaired) electrons. The molecule has 0 nitrogen and oxygen atoms in total. The van der Waals surface area contributed by atoms with E-state index in [1.54, 1.807) is 0 Å². The van der Waals surface area contributed by atoms with Gasteiger partial charge in [-0.1, -0.05) is 52.6 Å². The molecule has 0 aromatic heterocycles. The topological polar surface area (TPSA) is 0 Å². The van der Waals surface area contributed by atoms with Crippen LogP contribution in [0.2, 0.25) is 0 Å². The molecule has 2 atom stereocenters. The summed E-state index contributed by atoms with van der Waals surface area (Å²) in [4.78, 5) is 0.519. The van der Waals surface area contributed by atoms with Gasteiger partial charge in [-0.15, -0.1) is 0 Å². The van der Waals surface area contributed by atoms with Crippen molar-refractivity contribution in [3.05, 3.63) is 0 Å². The molecule has 9 heavy (non-hydrogen) atoms. The first-order valence-corrected chi connectivity index (χ1v) is 4.93. The number of halogens is 2. The highest BCUT2D eigenvalue weighted by molar-refractivity contribution is 9.12. The summed E-state index contributed by atoms with van der Waals surface area (Å²) in [6.07, 6.45) is 0. The Kier molecular flexibility index (Phi) is 3.74. The highest BCUT2D eigenvalue weighted by Gasteiger charge is 2.29. The molecular weight excluding hydrogens is 244 g/mol. The van der Waals surface area contributed by atoms with Crippen molar-refractivity contribution in [3.8, 4) is 0 Å². The average molecular weight is 258 g/mol. The summed E-state index contributed by atoms with van der Waals surface area (Å²) in [5.41, 5.74) is 0. The van der Waals surface area contributed by atoms with Crippen molar-refractivity contribution in [1.29, 1.82) is 0 Å². The van der Waals surface area contributed by atoms with Crippen LogP contribution < -0.4 is 0 Å². The standard InChI is InChI=1S/C7H14Br2/c1-5(2)7(4,9)6(3)8/h5-6H,1-4H3. The first-order chi connectivity index (χ1) is 3.89. The van der Waals surface area contributed by atoms with Crippen LogP contribution in [0.3, 0.4) is 0 Å². The monoisotopic (exact) mass is 256 g/mol. The predicted octanol–water partition coefficient (Wildman–Crippen LogP) is 3.58. The molecule has 0 heterocycles. The van der Waals surface area contributed by atoms with Crippen molar-refractivity contribution in [2.75, 3.05) is 0 Å². The molecule has 2 heteroatoms. The fourth-order valence-corrected chi connectivity index (χ4v) is 0.988. The molecule has 0 bridgehead atoms. The Morgan fingerprint density at radius 3 is 1.56 bits per heavy atom. The van der Waals surface area contributed by atoms with Gasteiger partial charge in [0, 0.05) is 9.15 Å². The van der Waals surface area contributed by atoms with Crippen LogP contribution in [-0.4, -0.2) is 9.15 Å². The molecule has 0 aliphatic carbocycles. The first kappa shape index (κ1) is 9.96. The maximum absolute atomic E-state index is 3.66. The normalized spacial score (nSPS) is 21.7. The zero-order chi connectivity index (χ0) is 7.65. The van der Waals surface area contributed by atoms with E-state index in [4.69, 9.17) is 0 Å². The van der Waals surface area contributed by atoms with Crippen LogP contribution >= 0.6 is 31.9 Å². The Morgan fingerprint density at radius 1 is 1.22 bits per heavy atom. The first-order valence-electron chi connectivity index (χ1n) is 3.22. The third-order valence-corrected chi connectivity index (χ3v) is 5.07. The van der Waals surface area contributed by atoms with Gasteiger partial charge in [-0.05, 0) is 12.8 Å². The van der Waals surface area contributed by atoms with Crippen LogP contribution in [-0.2, 0) is 0 Å². The van der Waals surface area contributed by atoms with E-state index in [2.05, 4.69) is 59.6 Å². The third-order valence-electron chi connectivity index (χ3n) is 1.91. The summed E-state index contributed by atoms with van der Waals surface area (Å²) in [6.45, 7) is 8.80. The predicted molar refractivity (Wildman–Crippen MR) is 50.6 cm³/mol. The van der Waals surface area contributed by atoms with E-state index in [1.807, 2.05) is 0 Å². The Morgan fingerprint density at radius 2 is 1.56 bits per heavy atom. The molecule has 0 aliphatic heterocycles. The third kappa shape index (κ3) is 2.58. The quantitative estimate of drug-likeness (QED) is 0.664. The molecule has 2 unspecified atom stereocenters. The molecule has 0 N–H and O–H groups in total. The average Bonchev–Trinajstić information content (AvgIpc) is 1.65. The second-order valence-electron chi connectivity index (χ2n) is 2.92. The van der Waals surface area contributed by atoms with E-state index in [-0.39, 0.29) is 4.32 Å². The minimum absolute atomic E-state index is 0.229. The summed E-state index contributed by atoms with van der Waals surface area (Å²) in [6, 6.07) is 0. The maximum Gasteiger partial charge on any atom is 0.0374 e. The van der Waals surface area contributed by atoms with Crippen LogP contribution in [0.4, 0.5) is 0 Å². The van der Waals surface area contributed by atoms with Crippen molar-refractivity contribution in [3.63, 3.8) is 0 Å². The van der Waals surface area contributed by atoms with Crippen molar-refractivity contribution < 1.29 is 0 Å². The van der Waals surface area contributed by atoms with E-state index in [1.165, 1.54) is 0 Å². The molecule has 0 saturated carbocycles. The lowest BCUT2D eigenvalue weighted by Gasteiger charge is -2.29. The van der Waals surface area contributed by atoms with Crippen molar-refractivity contribution >= 4 is 31.9 Å². The molecule has 56 valence electrons. The second-order valence-corrected chi connectivity index (χ2v) is 6.00. The lowest BCUT2D eigenvalue weighted by atomic mass is 9.95. The van der Waals surface area contributed by atoms with Crippen LogP contribution in [0.15, 0.2) is 0 Å². The summed E-state index contributed by atoms with van der Waals surface area (Å²) in [5, 5.41) is 0. The van der Waals surface area contributed by atoms with Gasteiger partial charge < -0.3 is 0 Å². The molecule has 0 amide bonds. The Bertz CT molecular complexity index is 74.9. The smallest absolute Gasteiger partial charge is 0.0374 e. The van der Waals surface area contributed by atoms with Gasteiger partial charge in [-0.3, -0.25) is 0 Å². The van der Waals surface area contributed by atoms with Gasteiger partial charge >= 0.3 is 0 Å². The Labute approximate surface area is 74.7 Å². The maximum atomic E-state index is 3.66. The van der Waals surface area contributed by atoms with E-state index in [0.717, 1.165) is 0 Å². The van der Waals surface area contributed by atoms with Crippen molar-refractivity contribution in [1.82, 2.24) is 0 Å². The number of rotatable bonds is 2. The summed E-state index contributed by atoms with van der Waals surface area (Å²) < 4.78 is 0.229.